The molecule has 0 amide bonds. The lowest BCUT2D eigenvalue weighted by Gasteiger charge is -2.29. The van der Waals surface area contributed by atoms with Crippen LogP contribution >= 0.6 is 0 Å². The summed E-state index contributed by atoms with van der Waals surface area (Å²) in [6.45, 7) is 14.3. The Morgan fingerprint density at radius 1 is 1.05 bits per heavy atom. The normalized spacial score (nSPS) is 20.1. The largest absolute Gasteiger partial charge is 0.493 e. The third-order valence-electron chi connectivity index (χ3n) is 4.10. The quantitative estimate of drug-likeness (QED) is 0.759. The fraction of sp³-hybridized carbons (Fsp3) is 0.667. The SMILES string of the molecule is CC(C)(C)c1cc2c(c(C(C)(C)C)c1)OCCC[C@H]2N. The maximum atomic E-state index is 6.39. The van der Waals surface area contributed by atoms with Crippen LogP contribution in [0.3, 0.4) is 0 Å². The molecule has 0 aromatic heterocycles. The summed E-state index contributed by atoms with van der Waals surface area (Å²) in [7, 11) is 0. The van der Waals surface area contributed by atoms with Gasteiger partial charge in [0.05, 0.1) is 6.61 Å². The number of hydrogen-bond acceptors (Lipinski definition) is 2. The van der Waals surface area contributed by atoms with Gasteiger partial charge in [-0.25, -0.2) is 0 Å². The summed E-state index contributed by atoms with van der Waals surface area (Å²) in [5, 5.41) is 0. The van der Waals surface area contributed by atoms with Crippen LogP contribution in [0.4, 0.5) is 0 Å². The summed E-state index contributed by atoms with van der Waals surface area (Å²) in [6, 6.07) is 4.67. The number of ether oxygens (including phenoxy) is 1. The van der Waals surface area contributed by atoms with Crippen LogP contribution in [-0.2, 0) is 10.8 Å². The summed E-state index contributed by atoms with van der Waals surface area (Å²) >= 11 is 0. The summed E-state index contributed by atoms with van der Waals surface area (Å²) in [5.41, 5.74) is 10.4. The first kappa shape index (κ1) is 15.4. The second-order valence-electron chi connectivity index (χ2n) is 8.04. The predicted octanol–water partition coefficient (Wildman–Crippen LogP) is 4.45. The van der Waals surface area contributed by atoms with Crippen molar-refractivity contribution >= 4 is 0 Å². The maximum absolute atomic E-state index is 6.39. The summed E-state index contributed by atoms with van der Waals surface area (Å²) < 4.78 is 6.06. The molecule has 2 nitrogen and oxygen atoms in total. The standard InChI is InChI=1S/C18H29NO/c1-17(2,3)12-10-13-15(19)8-7-9-20-16(13)14(11-12)18(4,5)6/h10-11,15H,7-9,19H2,1-6H3/t15-/m1/s1. The van der Waals surface area contributed by atoms with E-state index in [1.165, 1.54) is 16.7 Å². The molecular formula is C18H29NO. The van der Waals surface area contributed by atoms with E-state index in [4.69, 9.17) is 10.5 Å². The van der Waals surface area contributed by atoms with Crippen molar-refractivity contribution < 1.29 is 4.74 Å². The van der Waals surface area contributed by atoms with Gasteiger partial charge in [0.25, 0.3) is 0 Å². The fourth-order valence-electron chi connectivity index (χ4n) is 2.71. The molecule has 1 aliphatic rings. The van der Waals surface area contributed by atoms with Crippen molar-refractivity contribution in [2.75, 3.05) is 6.61 Å². The Morgan fingerprint density at radius 2 is 1.70 bits per heavy atom. The monoisotopic (exact) mass is 275 g/mol. The summed E-state index contributed by atoms with van der Waals surface area (Å²) in [4.78, 5) is 0. The highest BCUT2D eigenvalue weighted by atomic mass is 16.5. The molecule has 1 heterocycles. The minimum atomic E-state index is 0.0649. The van der Waals surface area contributed by atoms with E-state index >= 15 is 0 Å². The van der Waals surface area contributed by atoms with E-state index in [0.717, 1.165) is 25.2 Å². The van der Waals surface area contributed by atoms with Crippen LogP contribution in [0.2, 0.25) is 0 Å². The van der Waals surface area contributed by atoms with Gasteiger partial charge in [-0.05, 0) is 35.3 Å². The third-order valence-corrected chi connectivity index (χ3v) is 4.10. The smallest absolute Gasteiger partial charge is 0.127 e. The van der Waals surface area contributed by atoms with Crippen molar-refractivity contribution in [2.24, 2.45) is 5.73 Å². The molecule has 0 spiro atoms. The lowest BCUT2D eigenvalue weighted by Crippen LogP contribution is -2.20. The van der Waals surface area contributed by atoms with Crippen LogP contribution in [0, 0.1) is 0 Å². The highest BCUT2D eigenvalue weighted by Crippen LogP contribution is 2.42. The van der Waals surface area contributed by atoms with Gasteiger partial charge in [0.2, 0.25) is 0 Å². The van der Waals surface area contributed by atoms with E-state index in [1.807, 2.05) is 0 Å². The first-order valence-electron chi connectivity index (χ1n) is 7.68. The van der Waals surface area contributed by atoms with E-state index in [-0.39, 0.29) is 16.9 Å². The van der Waals surface area contributed by atoms with Crippen LogP contribution < -0.4 is 10.5 Å². The van der Waals surface area contributed by atoms with Gasteiger partial charge >= 0.3 is 0 Å². The van der Waals surface area contributed by atoms with E-state index in [1.54, 1.807) is 0 Å². The van der Waals surface area contributed by atoms with Crippen molar-refractivity contribution in [3.8, 4) is 5.75 Å². The number of fused-ring (bicyclic) bond motifs is 1. The van der Waals surface area contributed by atoms with Gasteiger partial charge in [0, 0.05) is 17.2 Å². The van der Waals surface area contributed by atoms with Crippen LogP contribution in [0.1, 0.15) is 77.1 Å². The average Bonchev–Trinajstić information content (AvgIpc) is 2.48. The fourth-order valence-corrected chi connectivity index (χ4v) is 2.71. The minimum Gasteiger partial charge on any atom is -0.493 e. The molecule has 0 radical (unpaired) electrons. The summed E-state index contributed by atoms with van der Waals surface area (Å²) in [5.74, 6) is 1.04. The zero-order chi connectivity index (χ0) is 15.1. The highest BCUT2D eigenvalue weighted by Gasteiger charge is 2.28. The second-order valence-corrected chi connectivity index (χ2v) is 8.04. The molecule has 1 aromatic carbocycles. The lowest BCUT2D eigenvalue weighted by atomic mass is 9.78. The first-order valence-corrected chi connectivity index (χ1v) is 7.68. The maximum Gasteiger partial charge on any atom is 0.127 e. The number of nitrogens with two attached hydrogens (primary N) is 1. The molecule has 1 atom stereocenters. The molecule has 20 heavy (non-hydrogen) atoms. The van der Waals surface area contributed by atoms with Gasteiger partial charge in [-0.1, -0.05) is 47.6 Å². The van der Waals surface area contributed by atoms with Crippen LogP contribution in [0.5, 0.6) is 5.75 Å². The molecule has 0 unspecified atom stereocenters. The van der Waals surface area contributed by atoms with Crippen LogP contribution in [0.25, 0.3) is 0 Å². The summed E-state index contributed by atoms with van der Waals surface area (Å²) in [6.07, 6.45) is 2.04. The molecule has 1 aromatic rings. The Labute approximate surface area is 123 Å². The molecule has 112 valence electrons. The molecule has 0 saturated heterocycles. The molecule has 0 fully saturated rings. The van der Waals surface area contributed by atoms with Crippen molar-refractivity contribution in [3.05, 3.63) is 28.8 Å². The van der Waals surface area contributed by atoms with Gasteiger partial charge in [0.1, 0.15) is 5.75 Å². The average molecular weight is 275 g/mol. The van der Waals surface area contributed by atoms with E-state index < -0.39 is 0 Å². The van der Waals surface area contributed by atoms with Crippen LogP contribution in [0.15, 0.2) is 12.1 Å². The molecule has 2 rings (SSSR count). The zero-order valence-electron chi connectivity index (χ0n) is 13.8. The highest BCUT2D eigenvalue weighted by molar-refractivity contribution is 5.51. The molecule has 0 aliphatic carbocycles. The topological polar surface area (TPSA) is 35.2 Å². The Kier molecular flexibility index (Phi) is 3.90. The van der Waals surface area contributed by atoms with Crippen LogP contribution in [-0.4, -0.2) is 6.61 Å². The van der Waals surface area contributed by atoms with Crippen molar-refractivity contribution in [1.29, 1.82) is 0 Å². The first-order chi connectivity index (χ1) is 9.10. The van der Waals surface area contributed by atoms with Gasteiger partial charge in [-0.2, -0.15) is 0 Å². The Hall–Kier alpha value is -1.02. The number of hydrogen-bond donors (Lipinski definition) is 1. The Balaban J connectivity index is 2.69. The Bertz CT molecular complexity index is 491. The van der Waals surface area contributed by atoms with Gasteiger partial charge in [-0.15, -0.1) is 0 Å². The van der Waals surface area contributed by atoms with Crippen molar-refractivity contribution in [2.45, 2.75) is 71.3 Å². The van der Waals surface area contributed by atoms with Gasteiger partial charge in [-0.3, -0.25) is 0 Å². The van der Waals surface area contributed by atoms with E-state index in [9.17, 15) is 0 Å². The molecule has 0 saturated carbocycles. The van der Waals surface area contributed by atoms with Crippen molar-refractivity contribution in [1.82, 2.24) is 0 Å². The minimum absolute atomic E-state index is 0.0649. The molecule has 0 bridgehead atoms. The molecule has 1 aliphatic heterocycles. The Morgan fingerprint density at radius 3 is 2.25 bits per heavy atom. The zero-order valence-corrected chi connectivity index (χ0v) is 13.8. The van der Waals surface area contributed by atoms with E-state index in [2.05, 4.69) is 53.7 Å². The number of rotatable bonds is 0. The second kappa shape index (κ2) is 5.07. The third kappa shape index (κ3) is 3.01. The van der Waals surface area contributed by atoms with Gasteiger partial charge in [0.15, 0.2) is 0 Å². The van der Waals surface area contributed by atoms with Gasteiger partial charge < -0.3 is 10.5 Å². The molecule has 2 heteroatoms. The number of benzene rings is 1. The molecular weight excluding hydrogens is 246 g/mol. The lowest BCUT2D eigenvalue weighted by molar-refractivity contribution is 0.307. The van der Waals surface area contributed by atoms with Crippen molar-refractivity contribution in [3.63, 3.8) is 0 Å². The predicted molar refractivity (Wildman–Crippen MR) is 85.5 cm³/mol. The molecule has 2 N–H and O–H groups in total. The van der Waals surface area contributed by atoms with E-state index in [0.29, 0.717) is 0 Å².